The highest BCUT2D eigenvalue weighted by Gasteiger charge is 2.38. The summed E-state index contributed by atoms with van der Waals surface area (Å²) in [5.74, 6) is -1.45. The molecular weight excluding hydrogens is 226 g/mol. The number of carbonyl (C=O) groups is 2. The van der Waals surface area contributed by atoms with Crippen molar-refractivity contribution in [3.05, 3.63) is 12.0 Å². The van der Waals surface area contributed by atoms with Crippen LogP contribution in [0.5, 0.6) is 5.75 Å². The van der Waals surface area contributed by atoms with Gasteiger partial charge in [0.25, 0.3) is 0 Å². The fourth-order valence-electron chi connectivity index (χ4n) is 1.87. The minimum absolute atomic E-state index is 0.198. The van der Waals surface area contributed by atoms with Gasteiger partial charge in [-0.2, -0.15) is 0 Å². The number of carboxylic acid groups (broad SMARTS) is 1. The molecular formula is C11H13NO5. The lowest BCUT2D eigenvalue weighted by Crippen LogP contribution is -2.48. The van der Waals surface area contributed by atoms with Gasteiger partial charge in [0.15, 0.2) is 5.75 Å². The van der Waals surface area contributed by atoms with Crippen LogP contribution in [0.25, 0.3) is 0 Å². The minimum Gasteiger partial charge on any atom is -0.480 e. The Kier molecular flexibility index (Phi) is 2.38. The second kappa shape index (κ2) is 3.51. The molecule has 0 radical (unpaired) electrons. The number of furan rings is 1. The van der Waals surface area contributed by atoms with Crippen LogP contribution >= 0.6 is 0 Å². The summed E-state index contributed by atoms with van der Waals surface area (Å²) in [5, 5.41) is 8.97. The molecule has 0 bridgehead atoms. The fraction of sp³-hybridized carbons (Fsp3) is 0.455. The summed E-state index contributed by atoms with van der Waals surface area (Å²) >= 11 is 0. The average Bonchev–Trinajstić information content (AvgIpc) is 2.57. The zero-order valence-corrected chi connectivity index (χ0v) is 9.81. The largest absolute Gasteiger partial charge is 0.480 e. The Morgan fingerprint density at radius 3 is 2.65 bits per heavy atom. The van der Waals surface area contributed by atoms with Crippen molar-refractivity contribution in [3.63, 3.8) is 0 Å². The lowest BCUT2D eigenvalue weighted by atomic mass is 10.1. The lowest BCUT2D eigenvalue weighted by molar-refractivity contribution is -0.117. The summed E-state index contributed by atoms with van der Waals surface area (Å²) in [6.45, 7) is 5.30. The molecule has 1 N–H and O–H groups in total. The molecule has 92 valence electrons. The number of carboxylic acids is 1. The molecule has 2 heterocycles. The van der Waals surface area contributed by atoms with E-state index in [0.717, 1.165) is 0 Å². The Morgan fingerprint density at radius 1 is 1.47 bits per heavy atom. The third-order valence-electron chi connectivity index (χ3n) is 2.50. The first kappa shape index (κ1) is 11.5. The molecule has 0 unspecified atom stereocenters. The molecule has 0 fully saturated rings. The topological polar surface area (TPSA) is 80.0 Å². The predicted octanol–water partition coefficient (Wildman–Crippen LogP) is 1.50. The number of ether oxygens (including phenoxy) is 1. The van der Waals surface area contributed by atoms with Gasteiger partial charge in [0.2, 0.25) is 11.7 Å². The van der Waals surface area contributed by atoms with Gasteiger partial charge in [0.05, 0.1) is 6.54 Å². The van der Waals surface area contributed by atoms with Gasteiger partial charge in [-0.05, 0) is 13.8 Å². The molecule has 2 rings (SSSR count). The first-order valence-electron chi connectivity index (χ1n) is 5.14. The Balaban J connectivity index is 2.56. The van der Waals surface area contributed by atoms with Gasteiger partial charge in [-0.15, -0.1) is 0 Å². The van der Waals surface area contributed by atoms with Crippen molar-refractivity contribution < 1.29 is 23.8 Å². The second-order valence-electron chi connectivity index (χ2n) is 4.55. The predicted molar refractivity (Wildman–Crippen MR) is 58.4 cm³/mol. The second-order valence-corrected chi connectivity index (χ2v) is 4.55. The summed E-state index contributed by atoms with van der Waals surface area (Å²) < 4.78 is 10.5. The fourth-order valence-corrected chi connectivity index (χ4v) is 1.87. The van der Waals surface area contributed by atoms with Crippen LogP contribution in [0.3, 0.4) is 0 Å². The molecule has 0 aromatic carbocycles. The van der Waals surface area contributed by atoms with Crippen LogP contribution in [0, 0.1) is 0 Å². The summed E-state index contributed by atoms with van der Waals surface area (Å²) in [6.07, 6.45) is 1.22. The number of hydrogen-bond donors (Lipinski definition) is 1. The van der Waals surface area contributed by atoms with Gasteiger partial charge in [-0.1, -0.05) is 0 Å². The number of amides is 1. The molecule has 1 aromatic heterocycles. The highest BCUT2D eigenvalue weighted by atomic mass is 16.5. The van der Waals surface area contributed by atoms with Gasteiger partial charge >= 0.3 is 5.97 Å². The van der Waals surface area contributed by atoms with E-state index in [1.165, 1.54) is 18.1 Å². The van der Waals surface area contributed by atoms with Crippen LogP contribution in [0.1, 0.15) is 31.3 Å². The summed E-state index contributed by atoms with van der Waals surface area (Å²) in [5.41, 5.74) is -0.373. The lowest BCUT2D eigenvalue weighted by Gasteiger charge is -2.37. The van der Waals surface area contributed by atoms with E-state index in [2.05, 4.69) is 0 Å². The zero-order valence-electron chi connectivity index (χ0n) is 9.81. The molecule has 0 saturated carbocycles. The van der Waals surface area contributed by atoms with E-state index in [-0.39, 0.29) is 29.6 Å². The van der Waals surface area contributed by atoms with E-state index in [1.54, 1.807) is 0 Å². The number of hydrogen-bond acceptors (Lipinski definition) is 4. The first-order chi connectivity index (χ1) is 7.82. The number of nitrogens with zero attached hydrogens (tertiary/aromatic N) is 1. The van der Waals surface area contributed by atoms with Crippen molar-refractivity contribution in [2.24, 2.45) is 0 Å². The molecule has 1 aliphatic rings. The van der Waals surface area contributed by atoms with Crippen LogP contribution in [-0.4, -0.2) is 29.1 Å². The average molecular weight is 239 g/mol. The van der Waals surface area contributed by atoms with Crippen molar-refractivity contribution in [1.82, 2.24) is 0 Å². The van der Waals surface area contributed by atoms with Gasteiger partial charge < -0.3 is 19.2 Å². The third kappa shape index (κ3) is 1.86. The zero-order chi connectivity index (χ0) is 12.8. The summed E-state index contributed by atoms with van der Waals surface area (Å²) in [4.78, 5) is 23.9. The highest BCUT2D eigenvalue weighted by molar-refractivity contribution is 6.02. The number of fused-ring (bicyclic) bond motifs is 1. The number of carbonyl (C=O) groups excluding carboxylic acids is 1. The Labute approximate surface area is 97.8 Å². The Hall–Kier alpha value is -1.98. The molecule has 6 nitrogen and oxygen atoms in total. The van der Waals surface area contributed by atoms with E-state index >= 15 is 0 Å². The molecule has 17 heavy (non-hydrogen) atoms. The van der Waals surface area contributed by atoms with Gasteiger partial charge in [0, 0.05) is 6.92 Å². The number of anilines is 1. The van der Waals surface area contributed by atoms with E-state index in [1.807, 2.05) is 13.8 Å². The maximum atomic E-state index is 11.6. The van der Waals surface area contributed by atoms with E-state index in [4.69, 9.17) is 14.3 Å². The van der Waals surface area contributed by atoms with E-state index in [0.29, 0.717) is 0 Å². The standard InChI is InChI=1S/C11H13NO5/c1-6(13)12-5-11(2,3)17-7-4-16-9(8(7)12)10(14)15/h4H,5H2,1-3H3,(H,14,15). The molecule has 0 spiro atoms. The van der Waals surface area contributed by atoms with Crippen molar-refractivity contribution in [1.29, 1.82) is 0 Å². The molecule has 0 aliphatic carbocycles. The molecule has 1 aliphatic heterocycles. The maximum absolute atomic E-state index is 11.6. The van der Waals surface area contributed by atoms with Crippen LogP contribution in [0.4, 0.5) is 5.69 Å². The van der Waals surface area contributed by atoms with Crippen LogP contribution in [0.2, 0.25) is 0 Å². The SMILES string of the molecule is CC(=O)N1CC(C)(C)Oc2coc(C(=O)O)c21. The van der Waals surface area contributed by atoms with Gasteiger partial charge in [-0.25, -0.2) is 4.79 Å². The smallest absolute Gasteiger partial charge is 0.374 e. The molecule has 1 amide bonds. The highest BCUT2D eigenvalue weighted by Crippen LogP contribution is 2.41. The Bertz CT molecular complexity index is 488. The number of rotatable bonds is 1. The van der Waals surface area contributed by atoms with Crippen molar-refractivity contribution in [2.45, 2.75) is 26.4 Å². The quantitative estimate of drug-likeness (QED) is 0.803. The minimum atomic E-state index is -1.22. The van der Waals surface area contributed by atoms with Crippen LogP contribution in [-0.2, 0) is 4.79 Å². The van der Waals surface area contributed by atoms with Gasteiger partial charge in [0.1, 0.15) is 17.6 Å². The molecule has 0 atom stereocenters. The van der Waals surface area contributed by atoms with Crippen molar-refractivity contribution in [2.75, 3.05) is 11.4 Å². The van der Waals surface area contributed by atoms with Gasteiger partial charge in [-0.3, -0.25) is 4.79 Å². The first-order valence-corrected chi connectivity index (χ1v) is 5.14. The number of aromatic carboxylic acids is 1. The Morgan fingerprint density at radius 2 is 2.12 bits per heavy atom. The van der Waals surface area contributed by atoms with E-state index in [9.17, 15) is 9.59 Å². The monoisotopic (exact) mass is 239 g/mol. The summed E-state index contributed by atoms with van der Waals surface area (Å²) in [7, 11) is 0. The van der Waals surface area contributed by atoms with Crippen LogP contribution < -0.4 is 9.64 Å². The molecule has 0 saturated heterocycles. The van der Waals surface area contributed by atoms with Crippen molar-refractivity contribution >= 4 is 17.6 Å². The summed E-state index contributed by atoms with van der Waals surface area (Å²) in [6, 6.07) is 0. The van der Waals surface area contributed by atoms with E-state index < -0.39 is 11.6 Å². The van der Waals surface area contributed by atoms with Crippen LogP contribution in [0.15, 0.2) is 10.7 Å². The third-order valence-corrected chi connectivity index (χ3v) is 2.50. The molecule has 1 aromatic rings. The van der Waals surface area contributed by atoms with Crippen molar-refractivity contribution in [3.8, 4) is 5.75 Å². The maximum Gasteiger partial charge on any atom is 0.374 e. The normalized spacial score (nSPS) is 17.2. The molecule has 6 heteroatoms.